The van der Waals surface area contributed by atoms with Crippen molar-refractivity contribution in [2.24, 2.45) is 0 Å². The van der Waals surface area contributed by atoms with Crippen molar-refractivity contribution in [1.82, 2.24) is 4.98 Å². The molecule has 0 radical (unpaired) electrons. The van der Waals surface area contributed by atoms with E-state index in [0.29, 0.717) is 0 Å². The number of hydrogen-bond donors (Lipinski definition) is 0. The highest BCUT2D eigenvalue weighted by molar-refractivity contribution is 5.63. The van der Waals surface area contributed by atoms with Gasteiger partial charge in [0.2, 0.25) is 11.9 Å². The first kappa shape index (κ1) is 12.5. The smallest absolute Gasteiger partial charge is 0.190 e. The molecule has 0 bridgehead atoms. The van der Waals surface area contributed by atoms with Crippen molar-refractivity contribution in [3.63, 3.8) is 0 Å². The van der Waals surface area contributed by atoms with Gasteiger partial charge in [0.25, 0.3) is 0 Å². The summed E-state index contributed by atoms with van der Waals surface area (Å²) in [5.41, 5.74) is -1.08. The summed E-state index contributed by atoms with van der Waals surface area (Å²) < 4.78 is 63.4. The Morgan fingerprint density at radius 3 is 2.28 bits per heavy atom. The fourth-order valence-electron chi connectivity index (χ4n) is 1.49. The van der Waals surface area contributed by atoms with Gasteiger partial charge >= 0.3 is 6.18 Å². The molecule has 0 unspecified atom stereocenters. The highest BCUT2D eigenvalue weighted by Gasteiger charge is 2.30. The van der Waals surface area contributed by atoms with Crippen molar-refractivity contribution in [2.75, 3.05) is 0 Å². The fraction of sp³-hybridized carbons (Fsp3) is 0.0833. The molecule has 6 heteroatoms. The molecular weight excluding hydrogens is 253 g/mol. The van der Waals surface area contributed by atoms with Gasteiger partial charge in [-0.15, -0.1) is 0 Å². The number of benzene rings is 1. The van der Waals surface area contributed by atoms with Gasteiger partial charge in [-0.2, -0.15) is 26.9 Å². The molecule has 0 amide bonds. The van der Waals surface area contributed by atoms with Gasteiger partial charge in [0, 0.05) is 5.56 Å². The molecule has 94 valence electrons. The Morgan fingerprint density at radius 1 is 0.944 bits per heavy atom. The molecule has 0 saturated heterocycles. The summed E-state index contributed by atoms with van der Waals surface area (Å²) >= 11 is 0. The number of rotatable bonds is 1. The van der Waals surface area contributed by atoms with E-state index in [0.717, 1.165) is 30.3 Å². The molecule has 1 heterocycles. The van der Waals surface area contributed by atoms with E-state index in [2.05, 4.69) is 4.98 Å². The summed E-state index contributed by atoms with van der Waals surface area (Å²) in [4.78, 5) is 2.93. The lowest BCUT2D eigenvalue weighted by molar-refractivity contribution is -0.137. The van der Waals surface area contributed by atoms with Crippen LogP contribution < -0.4 is 0 Å². The second-order valence-electron chi connectivity index (χ2n) is 3.55. The number of nitrogens with zero attached hydrogens (tertiary/aromatic N) is 1. The Bertz CT molecular complexity index is 577. The molecule has 0 aliphatic heterocycles. The predicted molar refractivity (Wildman–Crippen MR) is 54.6 cm³/mol. The van der Waals surface area contributed by atoms with E-state index in [1.165, 1.54) is 6.07 Å². The third-order valence-corrected chi connectivity index (χ3v) is 2.32. The van der Waals surface area contributed by atoms with Crippen LogP contribution in [-0.4, -0.2) is 4.98 Å². The van der Waals surface area contributed by atoms with E-state index in [-0.39, 0.29) is 11.1 Å². The second-order valence-corrected chi connectivity index (χ2v) is 3.55. The van der Waals surface area contributed by atoms with Crippen LogP contribution in [0.25, 0.3) is 11.1 Å². The average Bonchev–Trinajstić information content (AvgIpc) is 2.28. The first-order chi connectivity index (χ1) is 8.38. The maximum atomic E-state index is 13.3. The monoisotopic (exact) mass is 259 g/mol. The molecule has 0 fully saturated rings. The maximum Gasteiger partial charge on any atom is 0.416 e. The van der Waals surface area contributed by atoms with Crippen molar-refractivity contribution >= 4 is 0 Å². The van der Waals surface area contributed by atoms with Gasteiger partial charge in [0.05, 0.1) is 5.56 Å². The molecular formula is C12H6F5N. The van der Waals surface area contributed by atoms with E-state index < -0.39 is 23.6 Å². The third-order valence-electron chi connectivity index (χ3n) is 2.32. The minimum Gasteiger partial charge on any atom is -0.190 e. The standard InChI is InChI=1S/C12H6F5N/c13-10-5-4-9(11(14)18-10)7-2-1-3-8(6-7)12(15,16)17/h1-6H. The molecule has 1 aromatic carbocycles. The first-order valence-electron chi connectivity index (χ1n) is 4.87. The van der Waals surface area contributed by atoms with Gasteiger partial charge in [-0.3, -0.25) is 0 Å². The quantitative estimate of drug-likeness (QED) is 0.556. The molecule has 1 aromatic heterocycles. The molecule has 18 heavy (non-hydrogen) atoms. The summed E-state index contributed by atoms with van der Waals surface area (Å²) in [5, 5.41) is 0. The Morgan fingerprint density at radius 2 is 1.67 bits per heavy atom. The van der Waals surface area contributed by atoms with E-state index in [1.807, 2.05) is 0 Å². The highest BCUT2D eigenvalue weighted by atomic mass is 19.4. The Labute approximate surface area is 98.9 Å². The van der Waals surface area contributed by atoms with Crippen molar-refractivity contribution in [3.8, 4) is 11.1 Å². The third kappa shape index (κ3) is 2.47. The van der Waals surface area contributed by atoms with E-state index >= 15 is 0 Å². The average molecular weight is 259 g/mol. The van der Waals surface area contributed by atoms with Crippen LogP contribution in [0, 0.1) is 11.9 Å². The topological polar surface area (TPSA) is 12.9 Å². The molecule has 0 atom stereocenters. The first-order valence-corrected chi connectivity index (χ1v) is 4.87. The fourth-order valence-corrected chi connectivity index (χ4v) is 1.49. The van der Waals surface area contributed by atoms with E-state index in [4.69, 9.17) is 0 Å². The molecule has 0 N–H and O–H groups in total. The minimum atomic E-state index is -4.51. The van der Waals surface area contributed by atoms with Crippen molar-refractivity contribution in [3.05, 3.63) is 53.9 Å². The predicted octanol–water partition coefficient (Wildman–Crippen LogP) is 4.05. The number of alkyl halides is 3. The molecule has 0 aliphatic carbocycles. The zero-order valence-corrected chi connectivity index (χ0v) is 8.80. The van der Waals surface area contributed by atoms with Crippen LogP contribution in [0.15, 0.2) is 36.4 Å². The molecule has 2 aromatic rings. The molecule has 2 rings (SSSR count). The number of pyridine rings is 1. The molecule has 0 aliphatic rings. The van der Waals surface area contributed by atoms with Gasteiger partial charge in [-0.1, -0.05) is 12.1 Å². The van der Waals surface area contributed by atoms with Gasteiger partial charge in [-0.05, 0) is 29.8 Å². The normalized spacial score (nSPS) is 11.6. The zero-order valence-electron chi connectivity index (χ0n) is 8.80. The summed E-state index contributed by atoms with van der Waals surface area (Å²) in [5.74, 6) is -2.17. The second kappa shape index (κ2) is 4.36. The van der Waals surface area contributed by atoms with Crippen LogP contribution in [0.2, 0.25) is 0 Å². The van der Waals surface area contributed by atoms with E-state index in [9.17, 15) is 22.0 Å². The van der Waals surface area contributed by atoms with Crippen molar-refractivity contribution in [2.45, 2.75) is 6.18 Å². The maximum absolute atomic E-state index is 13.3. The summed E-state index contributed by atoms with van der Waals surface area (Å²) in [7, 11) is 0. The largest absolute Gasteiger partial charge is 0.416 e. The minimum absolute atomic E-state index is 0.00479. The molecule has 0 spiro atoms. The van der Waals surface area contributed by atoms with Crippen LogP contribution in [0.3, 0.4) is 0 Å². The van der Waals surface area contributed by atoms with Crippen molar-refractivity contribution in [1.29, 1.82) is 0 Å². The summed E-state index contributed by atoms with van der Waals surface area (Å²) in [6.07, 6.45) is -4.51. The van der Waals surface area contributed by atoms with Crippen LogP contribution in [0.1, 0.15) is 5.56 Å². The van der Waals surface area contributed by atoms with Crippen LogP contribution in [0.5, 0.6) is 0 Å². The van der Waals surface area contributed by atoms with Gasteiger partial charge in [0.15, 0.2) is 0 Å². The lowest BCUT2D eigenvalue weighted by Crippen LogP contribution is -2.04. The number of hydrogen-bond acceptors (Lipinski definition) is 1. The molecule has 1 nitrogen and oxygen atoms in total. The molecule has 0 saturated carbocycles. The van der Waals surface area contributed by atoms with Gasteiger partial charge < -0.3 is 0 Å². The zero-order chi connectivity index (χ0) is 13.3. The summed E-state index contributed by atoms with van der Waals surface area (Å²) in [6.45, 7) is 0. The van der Waals surface area contributed by atoms with Crippen molar-refractivity contribution < 1.29 is 22.0 Å². The number of halogens is 5. The van der Waals surface area contributed by atoms with Gasteiger partial charge in [-0.25, -0.2) is 0 Å². The Hall–Kier alpha value is -1.98. The summed E-state index contributed by atoms with van der Waals surface area (Å²) in [6, 6.07) is 6.05. The Kier molecular flexibility index (Phi) is 3.02. The lowest BCUT2D eigenvalue weighted by Gasteiger charge is -2.09. The van der Waals surface area contributed by atoms with Crippen LogP contribution >= 0.6 is 0 Å². The highest BCUT2D eigenvalue weighted by Crippen LogP contribution is 2.32. The van der Waals surface area contributed by atoms with Gasteiger partial charge in [0.1, 0.15) is 0 Å². The SMILES string of the molecule is Fc1ccc(-c2cccc(C(F)(F)F)c2)c(F)n1. The van der Waals surface area contributed by atoms with Crippen LogP contribution in [-0.2, 0) is 6.18 Å². The van der Waals surface area contributed by atoms with E-state index in [1.54, 1.807) is 0 Å². The number of aromatic nitrogens is 1. The Balaban J connectivity index is 2.51. The lowest BCUT2D eigenvalue weighted by atomic mass is 10.0. The van der Waals surface area contributed by atoms with Crippen LogP contribution in [0.4, 0.5) is 22.0 Å².